The third-order valence-electron chi connectivity index (χ3n) is 2.07. The summed E-state index contributed by atoms with van der Waals surface area (Å²) in [6.07, 6.45) is 1.14. The van der Waals surface area contributed by atoms with Crippen molar-refractivity contribution in [3.8, 4) is 0 Å². The Labute approximate surface area is 66.4 Å². The van der Waals surface area contributed by atoms with Crippen molar-refractivity contribution < 1.29 is 14.6 Å². The number of carbonyl (C=O) groups is 1. The minimum atomic E-state index is -0.826. The van der Waals surface area contributed by atoms with E-state index >= 15 is 0 Å². The minimum absolute atomic E-state index is 0.149. The van der Waals surface area contributed by atoms with Crippen molar-refractivity contribution >= 4 is 5.97 Å². The van der Waals surface area contributed by atoms with Gasteiger partial charge in [-0.25, -0.2) is 4.79 Å². The first-order valence-corrected chi connectivity index (χ1v) is 3.99. The highest BCUT2D eigenvalue weighted by Gasteiger charge is 2.31. The molecule has 0 spiro atoms. The molecule has 0 amide bonds. The van der Waals surface area contributed by atoms with Crippen LogP contribution in [-0.2, 0) is 9.53 Å². The van der Waals surface area contributed by atoms with Crippen LogP contribution in [0, 0.1) is 5.92 Å². The summed E-state index contributed by atoms with van der Waals surface area (Å²) in [5.74, 6) is -0.396. The maximum atomic E-state index is 10.4. The molecule has 3 heteroatoms. The van der Waals surface area contributed by atoms with E-state index in [0.29, 0.717) is 12.3 Å². The summed E-state index contributed by atoms with van der Waals surface area (Å²) >= 11 is 0. The summed E-state index contributed by atoms with van der Waals surface area (Å²) in [6, 6.07) is 0. The van der Waals surface area contributed by atoms with Gasteiger partial charge in [-0.3, -0.25) is 0 Å². The summed E-state index contributed by atoms with van der Waals surface area (Å²) < 4.78 is 5.28. The van der Waals surface area contributed by atoms with Crippen LogP contribution in [0.15, 0.2) is 0 Å². The van der Waals surface area contributed by atoms with Crippen molar-refractivity contribution in [3.63, 3.8) is 0 Å². The monoisotopic (exact) mass is 158 g/mol. The standard InChI is InChI=1S/C8H14O3/c1-5(2)6-3-4-7(11-6)8(9)10/h5-7H,3-4H2,1-2H3,(H,9,10)/t6-,7+/m0/s1. The second kappa shape index (κ2) is 3.22. The first kappa shape index (κ1) is 8.53. The zero-order chi connectivity index (χ0) is 8.43. The van der Waals surface area contributed by atoms with Crippen LogP contribution in [0.3, 0.4) is 0 Å². The van der Waals surface area contributed by atoms with Crippen molar-refractivity contribution in [1.29, 1.82) is 0 Å². The molecule has 0 aromatic rings. The molecule has 0 radical (unpaired) electrons. The molecule has 1 N–H and O–H groups in total. The van der Waals surface area contributed by atoms with Crippen molar-refractivity contribution in [2.24, 2.45) is 5.92 Å². The highest BCUT2D eigenvalue weighted by Crippen LogP contribution is 2.24. The Morgan fingerprint density at radius 3 is 2.45 bits per heavy atom. The fourth-order valence-electron chi connectivity index (χ4n) is 1.33. The molecular weight excluding hydrogens is 144 g/mol. The molecule has 1 saturated heterocycles. The zero-order valence-electron chi connectivity index (χ0n) is 6.91. The molecule has 0 saturated carbocycles. The van der Waals surface area contributed by atoms with E-state index in [9.17, 15) is 4.79 Å². The van der Waals surface area contributed by atoms with Gasteiger partial charge >= 0.3 is 5.97 Å². The van der Waals surface area contributed by atoms with E-state index in [2.05, 4.69) is 13.8 Å². The van der Waals surface area contributed by atoms with Crippen LogP contribution in [0.25, 0.3) is 0 Å². The Bertz CT molecular complexity index is 153. The Balaban J connectivity index is 2.41. The molecule has 1 fully saturated rings. The Morgan fingerprint density at radius 2 is 2.18 bits per heavy atom. The van der Waals surface area contributed by atoms with Crippen molar-refractivity contribution in [2.45, 2.75) is 38.9 Å². The first-order valence-electron chi connectivity index (χ1n) is 3.99. The van der Waals surface area contributed by atoms with Crippen molar-refractivity contribution in [1.82, 2.24) is 0 Å². The molecule has 1 aliphatic rings. The summed E-state index contributed by atoms with van der Waals surface area (Å²) in [5.41, 5.74) is 0. The van der Waals surface area contributed by atoms with E-state index in [0.717, 1.165) is 6.42 Å². The van der Waals surface area contributed by atoms with Crippen molar-refractivity contribution in [2.75, 3.05) is 0 Å². The van der Waals surface area contributed by atoms with E-state index in [1.807, 2.05) is 0 Å². The minimum Gasteiger partial charge on any atom is -0.479 e. The number of rotatable bonds is 2. The SMILES string of the molecule is CC(C)[C@@H]1CC[C@H](C(=O)O)O1. The summed E-state index contributed by atoms with van der Waals surface area (Å²) in [5, 5.41) is 8.59. The first-order chi connectivity index (χ1) is 5.11. The molecule has 0 aliphatic carbocycles. The molecular formula is C8H14O3. The fraction of sp³-hybridized carbons (Fsp3) is 0.875. The van der Waals surface area contributed by atoms with E-state index in [1.54, 1.807) is 0 Å². The number of carboxylic acids is 1. The third-order valence-corrected chi connectivity index (χ3v) is 2.07. The molecule has 0 aromatic heterocycles. The number of hydrogen-bond acceptors (Lipinski definition) is 2. The second-order valence-corrected chi connectivity index (χ2v) is 3.32. The van der Waals surface area contributed by atoms with Crippen LogP contribution in [-0.4, -0.2) is 23.3 Å². The number of hydrogen-bond donors (Lipinski definition) is 1. The molecule has 64 valence electrons. The normalized spacial score (nSPS) is 31.2. The Kier molecular flexibility index (Phi) is 2.49. The van der Waals surface area contributed by atoms with E-state index in [4.69, 9.17) is 9.84 Å². The van der Waals surface area contributed by atoms with E-state index < -0.39 is 12.1 Å². The largest absolute Gasteiger partial charge is 0.479 e. The quantitative estimate of drug-likeness (QED) is 0.658. The highest BCUT2D eigenvalue weighted by atomic mass is 16.5. The van der Waals surface area contributed by atoms with Gasteiger partial charge in [-0.05, 0) is 18.8 Å². The number of carboxylic acid groups (broad SMARTS) is 1. The van der Waals surface area contributed by atoms with Gasteiger partial charge in [0.2, 0.25) is 0 Å². The van der Waals surface area contributed by atoms with Gasteiger partial charge in [0.1, 0.15) is 0 Å². The Morgan fingerprint density at radius 1 is 1.55 bits per heavy atom. The maximum Gasteiger partial charge on any atom is 0.332 e. The number of ether oxygens (including phenoxy) is 1. The Hall–Kier alpha value is -0.570. The average molecular weight is 158 g/mol. The lowest BCUT2D eigenvalue weighted by atomic mass is 10.0. The summed E-state index contributed by atoms with van der Waals surface area (Å²) in [6.45, 7) is 4.10. The molecule has 0 aromatic carbocycles. The molecule has 1 rings (SSSR count). The van der Waals surface area contributed by atoms with Gasteiger partial charge in [-0.15, -0.1) is 0 Å². The van der Waals surface area contributed by atoms with Gasteiger partial charge in [0.25, 0.3) is 0 Å². The van der Waals surface area contributed by atoms with Crippen LogP contribution in [0.1, 0.15) is 26.7 Å². The molecule has 3 nitrogen and oxygen atoms in total. The number of aliphatic carboxylic acids is 1. The fourth-order valence-corrected chi connectivity index (χ4v) is 1.33. The van der Waals surface area contributed by atoms with Crippen LogP contribution in [0.4, 0.5) is 0 Å². The van der Waals surface area contributed by atoms with Crippen LogP contribution >= 0.6 is 0 Å². The topological polar surface area (TPSA) is 46.5 Å². The van der Waals surface area contributed by atoms with Crippen molar-refractivity contribution in [3.05, 3.63) is 0 Å². The molecule has 2 atom stereocenters. The summed E-state index contributed by atoms with van der Waals surface area (Å²) in [7, 11) is 0. The molecule has 1 heterocycles. The third kappa shape index (κ3) is 1.93. The predicted molar refractivity (Wildman–Crippen MR) is 40.4 cm³/mol. The van der Waals surface area contributed by atoms with Crippen LogP contribution in [0.5, 0.6) is 0 Å². The van der Waals surface area contributed by atoms with E-state index in [1.165, 1.54) is 0 Å². The zero-order valence-corrected chi connectivity index (χ0v) is 6.91. The van der Waals surface area contributed by atoms with E-state index in [-0.39, 0.29) is 6.10 Å². The molecule has 0 bridgehead atoms. The smallest absolute Gasteiger partial charge is 0.332 e. The molecule has 1 aliphatic heterocycles. The lowest BCUT2D eigenvalue weighted by molar-refractivity contribution is -0.150. The predicted octanol–water partition coefficient (Wildman–Crippen LogP) is 1.27. The van der Waals surface area contributed by atoms with Gasteiger partial charge in [0.15, 0.2) is 6.10 Å². The lowest BCUT2D eigenvalue weighted by Gasteiger charge is -2.13. The van der Waals surface area contributed by atoms with Crippen LogP contribution < -0.4 is 0 Å². The average Bonchev–Trinajstić information content (AvgIpc) is 2.33. The molecule has 11 heavy (non-hydrogen) atoms. The van der Waals surface area contributed by atoms with Gasteiger partial charge in [0.05, 0.1) is 6.10 Å². The lowest BCUT2D eigenvalue weighted by Crippen LogP contribution is -2.22. The van der Waals surface area contributed by atoms with Gasteiger partial charge in [-0.2, -0.15) is 0 Å². The van der Waals surface area contributed by atoms with Gasteiger partial charge in [0, 0.05) is 0 Å². The molecule has 0 unspecified atom stereocenters. The second-order valence-electron chi connectivity index (χ2n) is 3.32. The maximum absolute atomic E-state index is 10.4. The highest BCUT2D eigenvalue weighted by molar-refractivity contribution is 5.72. The van der Waals surface area contributed by atoms with Crippen LogP contribution in [0.2, 0.25) is 0 Å². The summed E-state index contributed by atoms with van der Waals surface area (Å²) in [4.78, 5) is 10.4. The van der Waals surface area contributed by atoms with Gasteiger partial charge in [-0.1, -0.05) is 13.8 Å². The van der Waals surface area contributed by atoms with Gasteiger partial charge < -0.3 is 9.84 Å².